The van der Waals surface area contributed by atoms with Crippen molar-refractivity contribution in [3.63, 3.8) is 0 Å². The van der Waals surface area contributed by atoms with Crippen LogP contribution in [0.1, 0.15) is 13.3 Å². The van der Waals surface area contributed by atoms with Gasteiger partial charge in [-0.1, -0.05) is 6.92 Å². The monoisotopic (exact) mass is 210 g/mol. The molecular formula is C10H15FN4. The maximum Gasteiger partial charge on any atom is 0.225 e. The number of anilines is 1. The van der Waals surface area contributed by atoms with Gasteiger partial charge in [0.05, 0.1) is 12.4 Å². The van der Waals surface area contributed by atoms with Gasteiger partial charge in [0.2, 0.25) is 5.95 Å². The number of rotatable bonds is 1. The summed E-state index contributed by atoms with van der Waals surface area (Å²) in [7, 11) is 0. The molecule has 0 aromatic carbocycles. The van der Waals surface area contributed by atoms with Gasteiger partial charge in [-0.2, -0.15) is 0 Å². The normalized spacial score (nSPS) is 26.7. The lowest BCUT2D eigenvalue weighted by Crippen LogP contribution is -2.46. The first-order valence-electron chi connectivity index (χ1n) is 5.15. The van der Waals surface area contributed by atoms with Crippen LogP contribution in [0.4, 0.5) is 10.3 Å². The largest absolute Gasteiger partial charge is 0.340 e. The predicted octanol–water partition coefficient (Wildman–Crippen LogP) is 0.789. The van der Waals surface area contributed by atoms with Crippen LogP contribution in [-0.2, 0) is 0 Å². The quantitative estimate of drug-likeness (QED) is 0.744. The van der Waals surface area contributed by atoms with E-state index in [4.69, 9.17) is 5.73 Å². The van der Waals surface area contributed by atoms with Crippen molar-refractivity contribution in [2.24, 2.45) is 11.7 Å². The third-order valence-electron chi connectivity index (χ3n) is 2.86. The molecule has 0 radical (unpaired) electrons. The Bertz CT molecular complexity index is 327. The van der Waals surface area contributed by atoms with Crippen molar-refractivity contribution < 1.29 is 4.39 Å². The molecule has 1 aromatic heterocycles. The van der Waals surface area contributed by atoms with Gasteiger partial charge in [0, 0.05) is 19.1 Å². The number of nitrogens with zero attached hydrogens (tertiary/aromatic N) is 3. The third-order valence-corrected chi connectivity index (χ3v) is 2.86. The lowest BCUT2D eigenvalue weighted by molar-refractivity contribution is 0.379. The van der Waals surface area contributed by atoms with Crippen molar-refractivity contribution in [1.82, 2.24) is 9.97 Å². The second-order valence-corrected chi connectivity index (χ2v) is 4.08. The molecule has 0 spiro atoms. The number of aromatic nitrogens is 2. The van der Waals surface area contributed by atoms with Gasteiger partial charge in [-0.3, -0.25) is 0 Å². The molecule has 1 fully saturated rings. The Balaban J connectivity index is 2.08. The van der Waals surface area contributed by atoms with E-state index in [9.17, 15) is 4.39 Å². The van der Waals surface area contributed by atoms with Crippen molar-refractivity contribution in [2.45, 2.75) is 19.4 Å². The Hall–Kier alpha value is -1.23. The molecule has 0 aliphatic carbocycles. The van der Waals surface area contributed by atoms with Crippen LogP contribution in [0.3, 0.4) is 0 Å². The predicted molar refractivity (Wildman–Crippen MR) is 56.0 cm³/mol. The van der Waals surface area contributed by atoms with E-state index in [1.807, 2.05) is 4.90 Å². The molecule has 2 unspecified atom stereocenters. The van der Waals surface area contributed by atoms with Crippen LogP contribution < -0.4 is 10.6 Å². The van der Waals surface area contributed by atoms with Crippen LogP contribution in [0, 0.1) is 11.7 Å². The standard InChI is InChI=1S/C10H15FN4/c1-7-6-15(3-2-9(7)12)10-13-4-8(11)5-14-10/h4-5,7,9H,2-3,6,12H2,1H3. The number of hydrogen-bond donors (Lipinski definition) is 1. The zero-order valence-corrected chi connectivity index (χ0v) is 8.73. The summed E-state index contributed by atoms with van der Waals surface area (Å²) in [5, 5.41) is 0. The average molecular weight is 210 g/mol. The van der Waals surface area contributed by atoms with E-state index in [0.717, 1.165) is 19.5 Å². The highest BCUT2D eigenvalue weighted by atomic mass is 19.1. The molecule has 2 rings (SSSR count). The average Bonchev–Trinajstić information content (AvgIpc) is 2.23. The summed E-state index contributed by atoms with van der Waals surface area (Å²) in [6, 6.07) is 0.252. The van der Waals surface area contributed by atoms with Crippen LogP contribution in [-0.4, -0.2) is 29.1 Å². The minimum Gasteiger partial charge on any atom is -0.340 e. The lowest BCUT2D eigenvalue weighted by atomic mass is 9.95. The van der Waals surface area contributed by atoms with E-state index in [1.165, 1.54) is 12.4 Å². The zero-order chi connectivity index (χ0) is 10.8. The molecule has 1 aliphatic rings. The Kier molecular flexibility index (Phi) is 2.81. The van der Waals surface area contributed by atoms with Crippen molar-refractivity contribution in [1.29, 1.82) is 0 Å². The SMILES string of the molecule is CC1CN(c2ncc(F)cn2)CCC1N. The first-order chi connectivity index (χ1) is 7.16. The van der Waals surface area contributed by atoms with E-state index < -0.39 is 5.82 Å². The number of nitrogens with two attached hydrogens (primary N) is 1. The molecule has 1 aromatic rings. The summed E-state index contributed by atoms with van der Waals surface area (Å²) in [6.07, 6.45) is 3.32. The molecule has 0 saturated carbocycles. The highest BCUT2D eigenvalue weighted by molar-refractivity contribution is 5.29. The molecule has 0 bridgehead atoms. The number of hydrogen-bond acceptors (Lipinski definition) is 4. The van der Waals surface area contributed by atoms with Gasteiger partial charge in [-0.25, -0.2) is 14.4 Å². The smallest absolute Gasteiger partial charge is 0.225 e. The van der Waals surface area contributed by atoms with E-state index in [0.29, 0.717) is 11.9 Å². The third kappa shape index (κ3) is 2.23. The molecule has 2 atom stereocenters. The zero-order valence-electron chi connectivity index (χ0n) is 8.73. The first kappa shape index (κ1) is 10.3. The van der Waals surface area contributed by atoms with Crippen molar-refractivity contribution >= 4 is 5.95 Å². The van der Waals surface area contributed by atoms with Crippen LogP contribution in [0.25, 0.3) is 0 Å². The van der Waals surface area contributed by atoms with Crippen LogP contribution in [0.2, 0.25) is 0 Å². The van der Waals surface area contributed by atoms with Gasteiger partial charge in [-0.05, 0) is 12.3 Å². The van der Waals surface area contributed by atoms with Gasteiger partial charge in [0.15, 0.2) is 5.82 Å². The summed E-state index contributed by atoms with van der Waals surface area (Å²) < 4.78 is 12.6. The summed E-state index contributed by atoms with van der Waals surface area (Å²) in [5.74, 6) is 0.614. The van der Waals surface area contributed by atoms with Gasteiger partial charge < -0.3 is 10.6 Å². The first-order valence-corrected chi connectivity index (χ1v) is 5.15. The van der Waals surface area contributed by atoms with E-state index in [2.05, 4.69) is 16.9 Å². The van der Waals surface area contributed by atoms with Gasteiger partial charge in [0.25, 0.3) is 0 Å². The van der Waals surface area contributed by atoms with E-state index >= 15 is 0 Å². The van der Waals surface area contributed by atoms with Gasteiger partial charge in [-0.15, -0.1) is 0 Å². The summed E-state index contributed by atoms with van der Waals surface area (Å²) >= 11 is 0. The molecule has 4 nitrogen and oxygen atoms in total. The fraction of sp³-hybridized carbons (Fsp3) is 0.600. The molecule has 82 valence electrons. The maximum atomic E-state index is 12.6. The molecule has 2 N–H and O–H groups in total. The van der Waals surface area contributed by atoms with Crippen molar-refractivity contribution in [3.8, 4) is 0 Å². The second kappa shape index (κ2) is 4.10. The molecule has 2 heterocycles. The summed E-state index contributed by atoms with van der Waals surface area (Å²) in [4.78, 5) is 9.97. The molecule has 5 heteroatoms. The Morgan fingerprint density at radius 3 is 2.73 bits per heavy atom. The minimum atomic E-state index is -0.402. The molecule has 1 saturated heterocycles. The maximum absolute atomic E-state index is 12.6. The Labute approximate surface area is 88.3 Å². The summed E-state index contributed by atoms with van der Waals surface area (Å²) in [5.41, 5.74) is 5.92. The van der Waals surface area contributed by atoms with Crippen LogP contribution in [0.15, 0.2) is 12.4 Å². The number of halogens is 1. The van der Waals surface area contributed by atoms with E-state index in [1.54, 1.807) is 0 Å². The highest BCUT2D eigenvalue weighted by Gasteiger charge is 2.24. The van der Waals surface area contributed by atoms with Gasteiger partial charge in [0.1, 0.15) is 0 Å². The highest BCUT2D eigenvalue weighted by Crippen LogP contribution is 2.18. The molecule has 15 heavy (non-hydrogen) atoms. The van der Waals surface area contributed by atoms with Crippen molar-refractivity contribution in [2.75, 3.05) is 18.0 Å². The minimum absolute atomic E-state index is 0.252. The summed E-state index contributed by atoms with van der Waals surface area (Å²) in [6.45, 7) is 3.80. The van der Waals surface area contributed by atoms with Crippen molar-refractivity contribution in [3.05, 3.63) is 18.2 Å². The topological polar surface area (TPSA) is 55.0 Å². The molecule has 0 amide bonds. The Morgan fingerprint density at radius 1 is 1.47 bits per heavy atom. The molecule has 1 aliphatic heterocycles. The van der Waals surface area contributed by atoms with E-state index in [-0.39, 0.29) is 6.04 Å². The second-order valence-electron chi connectivity index (χ2n) is 4.08. The fourth-order valence-electron chi connectivity index (χ4n) is 1.81. The fourth-order valence-corrected chi connectivity index (χ4v) is 1.81. The number of piperidine rings is 1. The Morgan fingerprint density at radius 2 is 2.13 bits per heavy atom. The van der Waals surface area contributed by atoms with Crippen LogP contribution >= 0.6 is 0 Å². The van der Waals surface area contributed by atoms with Crippen LogP contribution in [0.5, 0.6) is 0 Å². The lowest BCUT2D eigenvalue weighted by Gasteiger charge is -2.34. The molecular weight excluding hydrogens is 195 g/mol. The van der Waals surface area contributed by atoms with Gasteiger partial charge >= 0.3 is 0 Å².